The molecular weight excluding hydrogens is 222 g/mol. The Kier molecular flexibility index (Phi) is 3.67. The van der Waals surface area contributed by atoms with Crippen molar-refractivity contribution in [2.75, 3.05) is 19.8 Å². The van der Waals surface area contributed by atoms with E-state index in [1.165, 1.54) is 30.4 Å². The maximum Gasteiger partial charge on any atom is 0.0507 e. The lowest BCUT2D eigenvalue weighted by molar-refractivity contribution is 0.184. The van der Waals surface area contributed by atoms with Crippen molar-refractivity contribution < 1.29 is 4.74 Å². The fraction of sp³-hybridized carbons (Fsp3) is 0.625. The maximum absolute atomic E-state index is 5.45. The summed E-state index contributed by atoms with van der Waals surface area (Å²) in [6.07, 6.45) is 3.98. The van der Waals surface area contributed by atoms with E-state index < -0.39 is 0 Å². The lowest BCUT2D eigenvalue weighted by Gasteiger charge is -2.21. The first kappa shape index (κ1) is 12.2. The third kappa shape index (κ3) is 2.93. The molecule has 2 fully saturated rings. The molecule has 0 radical (unpaired) electrons. The zero-order chi connectivity index (χ0) is 12.4. The Balaban J connectivity index is 1.62. The van der Waals surface area contributed by atoms with Crippen molar-refractivity contribution in [3.8, 4) is 0 Å². The molecule has 1 aliphatic carbocycles. The molecule has 0 aromatic heterocycles. The minimum atomic E-state index is 0.561. The van der Waals surface area contributed by atoms with Crippen LogP contribution in [0.4, 0.5) is 0 Å². The number of benzene rings is 1. The summed E-state index contributed by atoms with van der Waals surface area (Å²) in [5.41, 5.74) is 2.81. The molecule has 2 atom stereocenters. The number of hydrogen-bond acceptors (Lipinski definition) is 2. The Bertz CT molecular complexity index is 377. The van der Waals surface area contributed by atoms with Crippen LogP contribution in [0.1, 0.15) is 36.4 Å². The lowest BCUT2D eigenvalue weighted by Crippen LogP contribution is -2.29. The molecule has 98 valence electrons. The van der Waals surface area contributed by atoms with E-state index in [2.05, 4.69) is 36.5 Å². The van der Waals surface area contributed by atoms with Crippen molar-refractivity contribution in [2.45, 2.75) is 32.2 Å². The first-order chi connectivity index (χ1) is 8.83. The summed E-state index contributed by atoms with van der Waals surface area (Å²) >= 11 is 0. The topological polar surface area (TPSA) is 21.3 Å². The highest BCUT2D eigenvalue weighted by molar-refractivity contribution is 5.25. The van der Waals surface area contributed by atoms with Gasteiger partial charge in [0.15, 0.2) is 0 Å². The minimum Gasteiger partial charge on any atom is -0.381 e. The van der Waals surface area contributed by atoms with Gasteiger partial charge in [-0.1, -0.05) is 29.8 Å². The molecular formula is C16H23NO. The smallest absolute Gasteiger partial charge is 0.0507 e. The van der Waals surface area contributed by atoms with Gasteiger partial charge in [-0.05, 0) is 43.6 Å². The molecule has 18 heavy (non-hydrogen) atoms. The van der Waals surface area contributed by atoms with Crippen LogP contribution in [-0.4, -0.2) is 19.8 Å². The third-order valence-electron chi connectivity index (χ3n) is 4.18. The van der Waals surface area contributed by atoms with Crippen molar-refractivity contribution in [3.05, 3.63) is 35.4 Å². The van der Waals surface area contributed by atoms with E-state index in [1.807, 2.05) is 0 Å². The highest BCUT2D eigenvalue weighted by Gasteiger charge is 2.32. The summed E-state index contributed by atoms with van der Waals surface area (Å²) < 4.78 is 5.45. The van der Waals surface area contributed by atoms with Gasteiger partial charge in [0.25, 0.3) is 0 Å². The SMILES string of the molecule is Cc1ccc(C(NCC2CCOC2)C2CC2)cc1. The Morgan fingerprint density at radius 3 is 2.61 bits per heavy atom. The molecule has 1 heterocycles. The predicted octanol–water partition coefficient (Wildman–Crippen LogP) is 3.07. The summed E-state index contributed by atoms with van der Waals surface area (Å²) in [5.74, 6) is 1.58. The number of ether oxygens (including phenoxy) is 1. The molecule has 0 bridgehead atoms. The molecule has 1 N–H and O–H groups in total. The van der Waals surface area contributed by atoms with Crippen molar-refractivity contribution in [2.24, 2.45) is 11.8 Å². The second-order valence-electron chi connectivity index (χ2n) is 5.86. The zero-order valence-electron chi connectivity index (χ0n) is 11.2. The largest absolute Gasteiger partial charge is 0.381 e. The number of rotatable bonds is 5. The Morgan fingerprint density at radius 1 is 1.22 bits per heavy atom. The summed E-state index contributed by atoms with van der Waals surface area (Å²) in [6, 6.07) is 9.59. The Morgan fingerprint density at radius 2 is 2.00 bits per heavy atom. The highest BCUT2D eigenvalue weighted by atomic mass is 16.5. The molecule has 2 aliphatic rings. The molecule has 2 unspecified atom stereocenters. The first-order valence-corrected chi connectivity index (χ1v) is 7.20. The van der Waals surface area contributed by atoms with Crippen molar-refractivity contribution in [3.63, 3.8) is 0 Å². The standard InChI is InChI=1S/C16H23NO/c1-12-2-4-14(5-3-12)16(15-6-7-15)17-10-13-8-9-18-11-13/h2-5,13,15-17H,6-11H2,1H3. The Labute approximate surface area is 110 Å². The van der Waals surface area contributed by atoms with E-state index in [0.717, 1.165) is 31.6 Å². The van der Waals surface area contributed by atoms with Crippen molar-refractivity contribution >= 4 is 0 Å². The van der Waals surface area contributed by atoms with E-state index in [4.69, 9.17) is 4.74 Å². The third-order valence-corrected chi connectivity index (χ3v) is 4.18. The summed E-state index contributed by atoms with van der Waals surface area (Å²) in [6.45, 7) is 5.15. The predicted molar refractivity (Wildman–Crippen MR) is 73.6 cm³/mol. The molecule has 1 saturated carbocycles. The van der Waals surface area contributed by atoms with Gasteiger partial charge in [-0.3, -0.25) is 0 Å². The summed E-state index contributed by atoms with van der Waals surface area (Å²) in [4.78, 5) is 0. The van der Waals surface area contributed by atoms with E-state index in [1.54, 1.807) is 0 Å². The van der Waals surface area contributed by atoms with E-state index in [0.29, 0.717) is 6.04 Å². The van der Waals surface area contributed by atoms with Crippen LogP contribution in [0.3, 0.4) is 0 Å². The van der Waals surface area contributed by atoms with Crippen LogP contribution in [0.25, 0.3) is 0 Å². The second kappa shape index (κ2) is 5.41. The van der Waals surface area contributed by atoms with Gasteiger partial charge < -0.3 is 10.1 Å². The van der Waals surface area contributed by atoms with Gasteiger partial charge in [-0.15, -0.1) is 0 Å². The monoisotopic (exact) mass is 245 g/mol. The molecule has 0 amide bonds. The van der Waals surface area contributed by atoms with Gasteiger partial charge in [0, 0.05) is 19.2 Å². The minimum absolute atomic E-state index is 0.561. The second-order valence-corrected chi connectivity index (χ2v) is 5.86. The maximum atomic E-state index is 5.45. The van der Waals surface area contributed by atoms with Gasteiger partial charge in [0.05, 0.1) is 6.61 Å². The van der Waals surface area contributed by atoms with Crippen LogP contribution in [0.5, 0.6) is 0 Å². The molecule has 3 rings (SSSR count). The molecule has 1 saturated heterocycles. The van der Waals surface area contributed by atoms with Gasteiger partial charge in [0.1, 0.15) is 0 Å². The lowest BCUT2D eigenvalue weighted by atomic mass is 10.00. The average molecular weight is 245 g/mol. The number of aryl methyl sites for hydroxylation is 1. The first-order valence-electron chi connectivity index (χ1n) is 7.20. The highest BCUT2D eigenvalue weighted by Crippen LogP contribution is 2.41. The summed E-state index contributed by atoms with van der Waals surface area (Å²) in [5, 5.41) is 3.78. The van der Waals surface area contributed by atoms with E-state index >= 15 is 0 Å². The summed E-state index contributed by atoms with van der Waals surface area (Å²) in [7, 11) is 0. The van der Waals surface area contributed by atoms with Crippen LogP contribution in [0.2, 0.25) is 0 Å². The number of hydrogen-bond donors (Lipinski definition) is 1. The van der Waals surface area contributed by atoms with Gasteiger partial charge >= 0.3 is 0 Å². The quantitative estimate of drug-likeness (QED) is 0.861. The van der Waals surface area contributed by atoms with Crippen LogP contribution in [-0.2, 0) is 4.74 Å². The Hall–Kier alpha value is -0.860. The van der Waals surface area contributed by atoms with Crippen LogP contribution in [0, 0.1) is 18.8 Å². The average Bonchev–Trinajstić information content (AvgIpc) is 3.08. The zero-order valence-corrected chi connectivity index (χ0v) is 11.2. The van der Waals surface area contributed by atoms with Gasteiger partial charge in [-0.25, -0.2) is 0 Å². The van der Waals surface area contributed by atoms with Crippen LogP contribution >= 0.6 is 0 Å². The van der Waals surface area contributed by atoms with Crippen molar-refractivity contribution in [1.29, 1.82) is 0 Å². The van der Waals surface area contributed by atoms with Crippen LogP contribution in [0.15, 0.2) is 24.3 Å². The molecule has 1 aromatic rings. The molecule has 1 aliphatic heterocycles. The molecule has 2 heteroatoms. The molecule has 2 nitrogen and oxygen atoms in total. The number of nitrogens with one attached hydrogen (secondary N) is 1. The normalized spacial score (nSPS) is 25.3. The van der Waals surface area contributed by atoms with E-state index in [-0.39, 0.29) is 0 Å². The fourth-order valence-electron chi connectivity index (χ4n) is 2.80. The van der Waals surface area contributed by atoms with Crippen LogP contribution < -0.4 is 5.32 Å². The van der Waals surface area contributed by atoms with Gasteiger partial charge in [0.2, 0.25) is 0 Å². The fourth-order valence-corrected chi connectivity index (χ4v) is 2.80. The van der Waals surface area contributed by atoms with Crippen molar-refractivity contribution in [1.82, 2.24) is 5.32 Å². The molecule has 0 spiro atoms. The molecule has 1 aromatic carbocycles. The van der Waals surface area contributed by atoms with E-state index in [9.17, 15) is 0 Å². The van der Waals surface area contributed by atoms with Gasteiger partial charge in [-0.2, -0.15) is 0 Å².